The van der Waals surface area contributed by atoms with Crippen molar-refractivity contribution in [1.29, 1.82) is 0 Å². The molecule has 1 aliphatic carbocycles. The van der Waals surface area contributed by atoms with E-state index in [1.807, 2.05) is 39.0 Å². The normalized spacial score (nSPS) is 19.9. The Kier molecular flexibility index (Phi) is 7.99. The molecular formula is C30H35NO7. The van der Waals surface area contributed by atoms with Gasteiger partial charge in [0.2, 0.25) is 0 Å². The third-order valence-corrected chi connectivity index (χ3v) is 7.35. The fourth-order valence-corrected chi connectivity index (χ4v) is 5.19. The molecule has 4 rings (SSSR count). The summed E-state index contributed by atoms with van der Waals surface area (Å²) in [6.07, 6.45) is 1.25. The van der Waals surface area contributed by atoms with Crippen molar-refractivity contribution < 1.29 is 33.6 Å². The summed E-state index contributed by atoms with van der Waals surface area (Å²) >= 11 is 0. The predicted octanol–water partition coefficient (Wildman–Crippen LogP) is 5.12. The van der Waals surface area contributed by atoms with Crippen LogP contribution in [0.4, 0.5) is 0 Å². The number of dihydropyridines is 1. The lowest BCUT2D eigenvalue weighted by Gasteiger charge is -2.37. The number of esters is 1. The monoisotopic (exact) mass is 521 g/mol. The Bertz CT molecular complexity index is 1310. The van der Waals surface area contributed by atoms with Crippen LogP contribution in [0.15, 0.2) is 58.9 Å². The molecule has 38 heavy (non-hydrogen) atoms. The van der Waals surface area contributed by atoms with Crippen molar-refractivity contribution in [3.63, 3.8) is 0 Å². The first kappa shape index (κ1) is 27.1. The summed E-state index contributed by atoms with van der Waals surface area (Å²) in [6, 6.07) is 10.6. The lowest BCUT2D eigenvalue weighted by Crippen LogP contribution is -2.36. The molecule has 2 aromatic carbocycles. The van der Waals surface area contributed by atoms with Gasteiger partial charge in [0, 0.05) is 29.3 Å². The molecule has 0 spiro atoms. The van der Waals surface area contributed by atoms with Gasteiger partial charge in [0.05, 0.1) is 33.0 Å². The van der Waals surface area contributed by atoms with Crippen LogP contribution in [0, 0.1) is 0 Å². The van der Waals surface area contributed by atoms with Gasteiger partial charge in [0.15, 0.2) is 28.8 Å². The molecule has 0 bridgehead atoms. The summed E-state index contributed by atoms with van der Waals surface area (Å²) in [6.45, 7) is 5.61. The maximum Gasteiger partial charge on any atom is 0.337 e. The number of phenols is 1. The van der Waals surface area contributed by atoms with Gasteiger partial charge < -0.3 is 29.4 Å². The second-order valence-electron chi connectivity index (χ2n) is 9.69. The Morgan fingerprint density at radius 1 is 1.00 bits per heavy atom. The highest BCUT2D eigenvalue weighted by molar-refractivity contribution is 6.04. The van der Waals surface area contributed by atoms with Crippen molar-refractivity contribution >= 4 is 11.8 Å². The molecule has 1 heterocycles. The molecule has 0 aromatic heterocycles. The lowest BCUT2D eigenvalue weighted by atomic mass is 9.71. The number of methoxy groups -OCH3 is 3. The second-order valence-corrected chi connectivity index (χ2v) is 9.69. The van der Waals surface area contributed by atoms with Crippen molar-refractivity contribution in [2.75, 3.05) is 21.3 Å². The van der Waals surface area contributed by atoms with E-state index in [2.05, 4.69) is 5.32 Å². The SMILES string of the molecule is CC[C@@H](C)OC(=O)C1=C(C)NC2=C(C(=O)C[C@@H](c3ccc(OC)c(OC)c3)C2)[C@@H]1c1ccc(O)c(OC)c1. The predicted molar refractivity (Wildman–Crippen MR) is 143 cm³/mol. The van der Waals surface area contributed by atoms with E-state index in [0.717, 1.165) is 11.3 Å². The number of hydrogen-bond donors (Lipinski definition) is 2. The van der Waals surface area contributed by atoms with Gasteiger partial charge in [-0.25, -0.2) is 4.79 Å². The molecule has 8 nitrogen and oxygen atoms in total. The first-order chi connectivity index (χ1) is 18.2. The number of aromatic hydroxyl groups is 1. The number of hydrogen-bond acceptors (Lipinski definition) is 8. The highest BCUT2D eigenvalue weighted by Crippen LogP contribution is 2.47. The zero-order valence-corrected chi connectivity index (χ0v) is 22.7. The quantitative estimate of drug-likeness (QED) is 0.462. The second kappa shape index (κ2) is 11.2. The molecule has 8 heteroatoms. The van der Waals surface area contributed by atoms with Gasteiger partial charge in [-0.15, -0.1) is 0 Å². The fourth-order valence-electron chi connectivity index (χ4n) is 5.19. The van der Waals surface area contributed by atoms with Crippen LogP contribution in [-0.4, -0.2) is 44.3 Å². The van der Waals surface area contributed by atoms with Gasteiger partial charge >= 0.3 is 5.97 Å². The molecule has 0 radical (unpaired) electrons. The molecule has 202 valence electrons. The zero-order valence-electron chi connectivity index (χ0n) is 22.7. The van der Waals surface area contributed by atoms with Crippen molar-refractivity contribution in [2.45, 2.75) is 58.0 Å². The topological polar surface area (TPSA) is 103 Å². The van der Waals surface area contributed by atoms with E-state index in [1.54, 1.807) is 26.4 Å². The summed E-state index contributed by atoms with van der Waals surface area (Å²) in [4.78, 5) is 27.3. The van der Waals surface area contributed by atoms with Crippen LogP contribution in [-0.2, 0) is 14.3 Å². The van der Waals surface area contributed by atoms with Gasteiger partial charge in [-0.2, -0.15) is 0 Å². The molecule has 2 aliphatic rings. The Morgan fingerprint density at radius 3 is 2.32 bits per heavy atom. The standard InChI is InChI=1S/C30H35NO7/c1-7-16(2)38-30(34)27-17(3)31-21-12-20(18-9-11-24(35-4)26(14-18)37-6)13-23(33)29(21)28(27)19-8-10-22(32)25(15-19)36-5/h8-11,14-16,20,28,31-32H,7,12-13H2,1-6H3/t16-,20+,28-/m1/s1. The zero-order chi connectivity index (χ0) is 27.6. The van der Waals surface area contributed by atoms with Crippen molar-refractivity contribution in [3.8, 4) is 23.0 Å². The Morgan fingerprint density at radius 2 is 1.66 bits per heavy atom. The lowest BCUT2D eigenvalue weighted by molar-refractivity contribution is -0.144. The van der Waals surface area contributed by atoms with Crippen LogP contribution in [0.3, 0.4) is 0 Å². The maximum atomic E-state index is 13.8. The summed E-state index contributed by atoms with van der Waals surface area (Å²) in [5, 5.41) is 13.6. The summed E-state index contributed by atoms with van der Waals surface area (Å²) < 4.78 is 21.9. The summed E-state index contributed by atoms with van der Waals surface area (Å²) in [7, 11) is 4.63. The largest absolute Gasteiger partial charge is 0.504 e. The summed E-state index contributed by atoms with van der Waals surface area (Å²) in [5.74, 6) is 0.211. The Labute approximate surface area is 223 Å². The average molecular weight is 522 g/mol. The van der Waals surface area contributed by atoms with E-state index < -0.39 is 11.9 Å². The van der Waals surface area contributed by atoms with Crippen LogP contribution in [0.25, 0.3) is 0 Å². The summed E-state index contributed by atoms with van der Waals surface area (Å²) in [5.41, 5.74) is 3.97. The Balaban J connectivity index is 1.80. The average Bonchev–Trinajstić information content (AvgIpc) is 2.91. The van der Waals surface area contributed by atoms with E-state index in [0.29, 0.717) is 46.7 Å². The number of phenolic OH excluding ortho intramolecular Hbond substituents is 1. The minimum Gasteiger partial charge on any atom is -0.504 e. The van der Waals surface area contributed by atoms with Crippen molar-refractivity contribution in [3.05, 3.63) is 70.1 Å². The van der Waals surface area contributed by atoms with Crippen molar-refractivity contribution in [1.82, 2.24) is 5.32 Å². The molecule has 2 aromatic rings. The number of ether oxygens (including phenoxy) is 4. The molecule has 0 saturated heterocycles. The minimum absolute atomic E-state index is 0.0210. The maximum absolute atomic E-state index is 13.8. The highest BCUT2D eigenvalue weighted by Gasteiger charge is 2.42. The number of rotatable bonds is 8. The molecule has 0 unspecified atom stereocenters. The smallest absolute Gasteiger partial charge is 0.337 e. The molecule has 0 saturated carbocycles. The number of Topliss-reactive ketones (excluding diaryl/α,β-unsaturated/α-hetero) is 1. The van der Waals surface area contributed by atoms with E-state index in [9.17, 15) is 14.7 Å². The molecule has 0 fully saturated rings. The van der Waals surface area contributed by atoms with Gasteiger partial charge in [-0.3, -0.25) is 4.79 Å². The minimum atomic E-state index is -0.656. The van der Waals surface area contributed by atoms with Crippen LogP contribution in [0.5, 0.6) is 23.0 Å². The molecular weight excluding hydrogens is 486 g/mol. The third-order valence-electron chi connectivity index (χ3n) is 7.35. The van der Waals surface area contributed by atoms with Gasteiger partial charge in [-0.1, -0.05) is 19.1 Å². The molecule has 0 amide bonds. The number of carbonyl (C=O) groups excluding carboxylic acids is 2. The number of ketones is 1. The van der Waals surface area contributed by atoms with Gasteiger partial charge in [0.25, 0.3) is 0 Å². The number of nitrogens with one attached hydrogen (secondary N) is 1. The van der Waals surface area contributed by atoms with E-state index in [4.69, 9.17) is 18.9 Å². The van der Waals surface area contributed by atoms with Crippen molar-refractivity contribution in [2.24, 2.45) is 0 Å². The van der Waals surface area contributed by atoms with E-state index >= 15 is 0 Å². The van der Waals surface area contributed by atoms with Gasteiger partial charge in [0.1, 0.15) is 0 Å². The van der Waals surface area contributed by atoms with Crippen LogP contribution in [0.2, 0.25) is 0 Å². The highest BCUT2D eigenvalue weighted by atomic mass is 16.5. The first-order valence-corrected chi connectivity index (χ1v) is 12.8. The van der Waals surface area contributed by atoms with Gasteiger partial charge in [-0.05, 0) is 68.0 Å². The first-order valence-electron chi connectivity index (χ1n) is 12.8. The fraction of sp³-hybridized carbons (Fsp3) is 0.400. The van der Waals surface area contributed by atoms with Crippen LogP contribution < -0.4 is 19.5 Å². The number of benzene rings is 2. The molecule has 1 aliphatic heterocycles. The number of carbonyl (C=O) groups is 2. The molecule has 3 atom stereocenters. The molecule has 2 N–H and O–H groups in total. The Hall–Kier alpha value is -3.94. The van der Waals surface area contributed by atoms with Crippen LogP contribution in [0.1, 0.15) is 63.0 Å². The van der Waals surface area contributed by atoms with E-state index in [-0.39, 0.29) is 35.7 Å². The van der Waals surface area contributed by atoms with Crippen LogP contribution >= 0.6 is 0 Å². The third kappa shape index (κ3) is 5.08. The van der Waals surface area contributed by atoms with E-state index in [1.165, 1.54) is 13.2 Å². The number of allylic oxidation sites excluding steroid dienone is 3.